The van der Waals surface area contributed by atoms with Gasteiger partial charge in [0.05, 0.1) is 5.69 Å². The first-order chi connectivity index (χ1) is 12.2. The summed E-state index contributed by atoms with van der Waals surface area (Å²) in [6, 6.07) is 11.2. The van der Waals surface area contributed by atoms with Gasteiger partial charge in [-0.05, 0) is 35.4 Å². The summed E-state index contributed by atoms with van der Waals surface area (Å²) in [4.78, 5) is 5.04. The highest BCUT2D eigenvalue weighted by molar-refractivity contribution is 7.80. The van der Waals surface area contributed by atoms with Crippen LogP contribution in [0, 0.1) is 0 Å². The zero-order chi connectivity index (χ0) is 18.9. The fourth-order valence-corrected chi connectivity index (χ4v) is 2.88. The average molecular weight is 366 g/mol. The summed E-state index contributed by atoms with van der Waals surface area (Å²) in [5.41, 5.74) is 6.79. The van der Waals surface area contributed by atoms with Crippen molar-refractivity contribution in [1.29, 1.82) is 0 Å². The van der Waals surface area contributed by atoms with E-state index < -0.39 is 5.69 Å². The molecule has 6 nitrogen and oxygen atoms in total. The molecule has 4 N–H and O–H groups in total. The Hall–Kier alpha value is -2.29. The van der Waals surface area contributed by atoms with Crippen molar-refractivity contribution < 1.29 is 10.2 Å². The lowest BCUT2D eigenvalue weighted by molar-refractivity contribution is -0.0833. The number of benzene rings is 1. The maximum absolute atomic E-state index is 9.24. The third-order valence-electron chi connectivity index (χ3n) is 4.12. The molecule has 0 amide bonds. The molecule has 0 saturated carbocycles. The lowest BCUT2D eigenvalue weighted by Gasteiger charge is -2.16. The Bertz CT molecular complexity index is 906. The summed E-state index contributed by atoms with van der Waals surface area (Å²) in [7, 11) is 5.18. The van der Waals surface area contributed by atoms with E-state index in [0.29, 0.717) is 17.1 Å². The van der Waals surface area contributed by atoms with Crippen LogP contribution in [0.1, 0.15) is 29.7 Å². The molecule has 2 aromatic heterocycles. The summed E-state index contributed by atoms with van der Waals surface area (Å²) < 4.78 is 1.67. The molecule has 3 rings (SSSR count). The van der Waals surface area contributed by atoms with E-state index in [4.69, 9.17) is 13.6 Å². The molecule has 2 heterocycles. The normalized spacial score (nSPS) is 12.9. The van der Waals surface area contributed by atoms with Crippen molar-refractivity contribution in [2.45, 2.75) is 29.8 Å². The van der Waals surface area contributed by atoms with E-state index in [1.165, 1.54) is 0 Å². The van der Waals surface area contributed by atoms with Crippen LogP contribution >= 0.6 is 12.6 Å². The van der Waals surface area contributed by atoms with Crippen molar-refractivity contribution >= 4 is 26.2 Å². The van der Waals surface area contributed by atoms with E-state index in [2.05, 4.69) is 29.6 Å². The molecule has 1 aromatic carbocycles. The largest absolute Gasteiger partial charge is 0.398 e. The SMILES string of the molecule is [B]C(O)(O)Cc1ccc(-n2ccc(C(C)c3ccc(N)c(S)c3)n2)nc1. The standard InChI is InChI=1S/C18H19BN4O2S/c1-11(13-3-4-14(20)16(26)8-13)15-6-7-23(22-15)17-5-2-12(10-21-17)9-18(19,24)25/h2-8,10-11,24-26H,9,20H2,1H3. The minimum Gasteiger partial charge on any atom is -0.398 e. The molecule has 2 radical (unpaired) electrons. The van der Waals surface area contributed by atoms with Gasteiger partial charge in [-0.3, -0.25) is 0 Å². The number of hydrogen-bond donors (Lipinski definition) is 4. The number of rotatable bonds is 5. The number of anilines is 1. The van der Waals surface area contributed by atoms with Crippen molar-refractivity contribution in [2.75, 3.05) is 5.73 Å². The quantitative estimate of drug-likeness (QED) is 0.238. The van der Waals surface area contributed by atoms with Crippen molar-refractivity contribution in [2.24, 2.45) is 0 Å². The van der Waals surface area contributed by atoms with Gasteiger partial charge in [0.15, 0.2) is 13.7 Å². The molecular formula is C18H19BN4O2S. The topological polar surface area (TPSA) is 97.2 Å². The van der Waals surface area contributed by atoms with Crippen molar-refractivity contribution in [3.8, 4) is 5.82 Å². The average Bonchev–Trinajstić information content (AvgIpc) is 3.06. The van der Waals surface area contributed by atoms with Crippen LogP contribution in [-0.4, -0.2) is 38.5 Å². The summed E-state index contributed by atoms with van der Waals surface area (Å²) in [5, 5.41) is 23.1. The maximum Gasteiger partial charge on any atom is 0.154 e. The number of aliphatic hydroxyl groups is 2. The molecule has 132 valence electrons. The predicted octanol–water partition coefficient (Wildman–Crippen LogP) is 1.64. The smallest absolute Gasteiger partial charge is 0.154 e. The van der Waals surface area contributed by atoms with Crippen LogP contribution in [0.5, 0.6) is 0 Å². The van der Waals surface area contributed by atoms with Gasteiger partial charge in [0.1, 0.15) is 5.69 Å². The molecule has 0 saturated heterocycles. The second kappa shape index (κ2) is 7.15. The Kier molecular flexibility index (Phi) is 5.09. The zero-order valence-corrected chi connectivity index (χ0v) is 15.1. The molecule has 1 atom stereocenters. The highest BCUT2D eigenvalue weighted by Gasteiger charge is 2.16. The van der Waals surface area contributed by atoms with Crippen LogP contribution in [0.3, 0.4) is 0 Å². The van der Waals surface area contributed by atoms with Crippen LogP contribution in [0.15, 0.2) is 53.7 Å². The number of aromatic nitrogens is 3. The van der Waals surface area contributed by atoms with Crippen LogP contribution in [0.4, 0.5) is 5.69 Å². The molecule has 0 aliphatic carbocycles. The summed E-state index contributed by atoms with van der Waals surface area (Å²) in [6.07, 6.45) is 3.27. The summed E-state index contributed by atoms with van der Waals surface area (Å²) in [5.74, 6) is 0.696. The van der Waals surface area contributed by atoms with Crippen LogP contribution in [0.2, 0.25) is 0 Å². The van der Waals surface area contributed by atoms with Crippen LogP contribution < -0.4 is 5.73 Å². The van der Waals surface area contributed by atoms with Crippen molar-refractivity contribution in [3.05, 3.63) is 65.6 Å². The van der Waals surface area contributed by atoms with Crippen molar-refractivity contribution in [3.63, 3.8) is 0 Å². The molecular weight excluding hydrogens is 347 g/mol. The lowest BCUT2D eigenvalue weighted by atomic mass is 9.89. The molecule has 1 unspecified atom stereocenters. The van der Waals surface area contributed by atoms with Gasteiger partial charge in [-0.15, -0.1) is 12.6 Å². The lowest BCUT2D eigenvalue weighted by Crippen LogP contribution is -2.31. The third-order valence-corrected chi connectivity index (χ3v) is 4.50. The van der Waals surface area contributed by atoms with Crippen LogP contribution in [-0.2, 0) is 6.42 Å². The Morgan fingerprint density at radius 3 is 2.65 bits per heavy atom. The molecule has 0 spiro atoms. The second-order valence-electron chi connectivity index (χ2n) is 6.31. The first-order valence-corrected chi connectivity index (χ1v) is 8.50. The fourth-order valence-electron chi connectivity index (χ4n) is 2.65. The van der Waals surface area contributed by atoms with E-state index in [1.54, 1.807) is 23.0 Å². The fraction of sp³-hybridized carbons (Fsp3) is 0.222. The Balaban J connectivity index is 1.79. The van der Waals surface area contributed by atoms with E-state index >= 15 is 0 Å². The first-order valence-electron chi connectivity index (χ1n) is 8.06. The number of nitrogens with two attached hydrogens (primary N) is 1. The maximum atomic E-state index is 9.24. The second-order valence-corrected chi connectivity index (χ2v) is 6.79. The van der Waals surface area contributed by atoms with E-state index in [1.807, 2.05) is 30.5 Å². The number of nitrogens with zero attached hydrogens (tertiary/aromatic N) is 3. The van der Waals surface area contributed by atoms with Gasteiger partial charge in [-0.2, -0.15) is 5.10 Å². The number of nitrogen functional groups attached to an aromatic ring is 1. The highest BCUT2D eigenvalue weighted by atomic mass is 32.1. The Morgan fingerprint density at radius 2 is 2.04 bits per heavy atom. The summed E-state index contributed by atoms with van der Waals surface area (Å²) in [6.45, 7) is 2.06. The van der Waals surface area contributed by atoms with Gasteiger partial charge < -0.3 is 15.9 Å². The van der Waals surface area contributed by atoms with E-state index in [0.717, 1.165) is 16.2 Å². The van der Waals surface area contributed by atoms with Gasteiger partial charge in [-0.25, -0.2) is 9.67 Å². The number of thiol groups is 1. The predicted molar refractivity (Wildman–Crippen MR) is 104 cm³/mol. The van der Waals surface area contributed by atoms with Gasteiger partial charge in [0.25, 0.3) is 0 Å². The Labute approximate surface area is 158 Å². The molecule has 0 bridgehead atoms. The minimum absolute atomic E-state index is 0.0728. The monoisotopic (exact) mass is 366 g/mol. The van der Waals surface area contributed by atoms with Gasteiger partial charge in [0, 0.05) is 35.3 Å². The molecule has 0 aliphatic heterocycles. The van der Waals surface area contributed by atoms with Crippen LogP contribution in [0.25, 0.3) is 5.82 Å². The van der Waals surface area contributed by atoms with Gasteiger partial charge >= 0.3 is 0 Å². The molecule has 0 aliphatic rings. The molecule has 0 fully saturated rings. The zero-order valence-electron chi connectivity index (χ0n) is 14.2. The Morgan fingerprint density at radius 1 is 1.27 bits per heavy atom. The summed E-state index contributed by atoms with van der Waals surface area (Å²) >= 11 is 4.37. The van der Waals surface area contributed by atoms with E-state index in [9.17, 15) is 10.2 Å². The van der Waals surface area contributed by atoms with E-state index in [-0.39, 0.29) is 12.3 Å². The highest BCUT2D eigenvalue weighted by Crippen LogP contribution is 2.27. The first kappa shape index (κ1) is 18.5. The van der Waals surface area contributed by atoms with Crippen molar-refractivity contribution in [1.82, 2.24) is 14.8 Å². The number of pyridine rings is 1. The molecule has 3 aromatic rings. The van der Waals surface area contributed by atoms with Gasteiger partial charge in [-0.1, -0.05) is 19.1 Å². The minimum atomic E-state index is -2.25. The van der Waals surface area contributed by atoms with Gasteiger partial charge in [0.2, 0.25) is 0 Å². The third kappa shape index (κ3) is 4.27. The molecule has 26 heavy (non-hydrogen) atoms. The number of hydrogen-bond acceptors (Lipinski definition) is 6. The molecule has 8 heteroatoms.